The summed E-state index contributed by atoms with van der Waals surface area (Å²) in [4.78, 5) is 11.4. The minimum absolute atomic E-state index is 0.151. The average Bonchev–Trinajstić information content (AvgIpc) is 2.85. The van der Waals surface area contributed by atoms with E-state index in [-0.39, 0.29) is 11.5 Å². The summed E-state index contributed by atoms with van der Waals surface area (Å²) in [6, 6.07) is 8.02. The Balaban J connectivity index is 2.01. The van der Waals surface area contributed by atoms with Crippen molar-refractivity contribution in [3.63, 3.8) is 0 Å². The molecule has 19 heavy (non-hydrogen) atoms. The summed E-state index contributed by atoms with van der Waals surface area (Å²) in [7, 11) is 1.43. The zero-order valence-electron chi connectivity index (χ0n) is 11.7. The number of hydrogen-bond acceptors (Lipinski definition) is 4. The molecule has 0 aromatic heterocycles. The molecule has 1 aromatic carbocycles. The van der Waals surface area contributed by atoms with Crippen LogP contribution in [-0.4, -0.2) is 31.7 Å². The molecule has 1 fully saturated rings. The molecule has 104 valence electrons. The van der Waals surface area contributed by atoms with Crippen molar-refractivity contribution in [2.75, 3.05) is 20.2 Å². The number of esters is 1. The van der Waals surface area contributed by atoms with E-state index < -0.39 is 0 Å². The van der Waals surface area contributed by atoms with Gasteiger partial charge in [0, 0.05) is 18.6 Å². The maximum absolute atomic E-state index is 11.4. The Kier molecular flexibility index (Phi) is 4.56. The molecule has 2 N–H and O–H groups in total. The maximum atomic E-state index is 11.4. The predicted octanol–water partition coefficient (Wildman–Crippen LogP) is 1.24. The Morgan fingerprint density at radius 1 is 1.42 bits per heavy atom. The third-order valence-electron chi connectivity index (χ3n) is 3.76. The molecule has 0 saturated carbocycles. The first-order valence-electron chi connectivity index (χ1n) is 6.72. The lowest BCUT2D eigenvalue weighted by molar-refractivity contribution is -0.139. The van der Waals surface area contributed by atoms with Crippen LogP contribution in [0.25, 0.3) is 0 Å². The predicted molar refractivity (Wildman–Crippen MR) is 74.9 cm³/mol. The number of carbonyl (C=O) groups excluding carboxylic acids is 1. The van der Waals surface area contributed by atoms with E-state index in [4.69, 9.17) is 4.74 Å². The summed E-state index contributed by atoms with van der Waals surface area (Å²) in [5.41, 5.74) is 2.36. The molecule has 1 aliphatic heterocycles. The van der Waals surface area contributed by atoms with Crippen LogP contribution in [0.4, 0.5) is 0 Å². The zero-order chi connectivity index (χ0) is 13.7. The van der Waals surface area contributed by atoms with Gasteiger partial charge in [-0.2, -0.15) is 0 Å². The van der Waals surface area contributed by atoms with Crippen molar-refractivity contribution >= 4 is 5.97 Å². The Morgan fingerprint density at radius 3 is 2.79 bits per heavy atom. The van der Waals surface area contributed by atoms with Crippen LogP contribution in [0.3, 0.4) is 0 Å². The highest BCUT2D eigenvalue weighted by atomic mass is 16.5. The molecular weight excluding hydrogens is 240 g/mol. The first-order chi connectivity index (χ1) is 9.13. The number of methoxy groups -OCH3 is 1. The lowest BCUT2D eigenvalue weighted by atomic mass is 9.99. The van der Waals surface area contributed by atoms with E-state index in [9.17, 15) is 4.79 Å². The molecule has 1 aromatic rings. The molecule has 4 heteroatoms. The van der Waals surface area contributed by atoms with E-state index in [1.165, 1.54) is 12.7 Å². The monoisotopic (exact) mass is 262 g/mol. The fourth-order valence-corrected chi connectivity index (χ4v) is 2.41. The molecule has 1 aliphatic rings. The van der Waals surface area contributed by atoms with E-state index >= 15 is 0 Å². The Morgan fingerprint density at radius 2 is 2.16 bits per heavy atom. The highest BCUT2D eigenvalue weighted by molar-refractivity contribution is 5.72. The van der Waals surface area contributed by atoms with Gasteiger partial charge in [0.2, 0.25) is 0 Å². The fourth-order valence-electron chi connectivity index (χ4n) is 2.41. The second-order valence-electron chi connectivity index (χ2n) is 5.36. The first-order valence-corrected chi connectivity index (χ1v) is 6.72. The number of nitrogens with one attached hydrogen (secondary N) is 2. The van der Waals surface area contributed by atoms with Crippen molar-refractivity contribution in [2.45, 2.75) is 31.8 Å². The lowest BCUT2D eigenvalue weighted by Crippen LogP contribution is -2.43. The largest absolute Gasteiger partial charge is 0.469 e. The van der Waals surface area contributed by atoms with Crippen LogP contribution in [0.2, 0.25) is 0 Å². The standard InChI is InChI=1S/C15H22N2O2/c1-15(7-8-16-11-15)17-10-13-6-4-3-5-12(13)9-14(18)19-2/h3-6,16-17H,7-11H2,1-2H3. The molecule has 1 saturated heterocycles. The average molecular weight is 262 g/mol. The van der Waals surface area contributed by atoms with Crippen molar-refractivity contribution in [1.29, 1.82) is 0 Å². The second kappa shape index (κ2) is 6.17. The summed E-state index contributed by atoms with van der Waals surface area (Å²) in [5, 5.41) is 6.96. The molecule has 1 heterocycles. The van der Waals surface area contributed by atoms with Gasteiger partial charge in [-0.15, -0.1) is 0 Å². The van der Waals surface area contributed by atoms with Gasteiger partial charge in [0.1, 0.15) is 0 Å². The molecule has 0 amide bonds. The Bertz CT molecular complexity index is 440. The SMILES string of the molecule is COC(=O)Cc1ccccc1CNC1(C)CCNC1. The van der Waals surface area contributed by atoms with Crippen molar-refractivity contribution in [2.24, 2.45) is 0 Å². The number of benzene rings is 1. The number of ether oxygens (including phenoxy) is 1. The molecule has 0 spiro atoms. The van der Waals surface area contributed by atoms with Crippen LogP contribution in [0, 0.1) is 0 Å². The van der Waals surface area contributed by atoms with Crippen LogP contribution in [-0.2, 0) is 22.5 Å². The first kappa shape index (κ1) is 14.0. The van der Waals surface area contributed by atoms with Gasteiger partial charge in [-0.1, -0.05) is 24.3 Å². The van der Waals surface area contributed by atoms with Crippen molar-refractivity contribution in [3.05, 3.63) is 35.4 Å². The maximum Gasteiger partial charge on any atom is 0.309 e. The molecule has 1 unspecified atom stereocenters. The van der Waals surface area contributed by atoms with Crippen LogP contribution < -0.4 is 10.6 Å². The summed E-state index contributed by atoms with van der Waals surface area (Å²) in [5.74, 6) is -0.193. The van der Waals surface area contributed by atoms with Gasteiger partial charge in [0.05, 0.1) is 13.5 Å². The molecule has 2 rings (SSSR count). The van der Waals surface area contributed by atoms with Crippen molar-refractivity contribution in [1.82, 2.24) is 10.6 Å². The van der Waals surface area contributed by atoms with Gasteiger partial charge in [-0.05, 0) is 31.0 Å². The van der Waals surface area contributed by atoms with Gasteiger partial charge in [-0.3, -0.25) is 4.79 Å². The normalized spacial score (nSPS) is 22.4. The Hall–Kier alpha value is -1.39. The van der Waals surface area contributed by atoms with Crippen LogP contribution in [0.15, 0.2) is 24.3 Å². The molecular formula is C15H22N2O2. The molecule has 4 nitrogen and oxygen atoms in total. The third-order valence-corrected chi connectivity index (χ3v) is 3.76. The van der Waals surface area contributed by atoms with E-state index in [1.807, 2.05) is 18.2 Å². The van der Waals surface area contributed by atoms with Gasteiger partial charge >= 0.3 is 5.97 Å². The van der Waals surface area contributed by atoms with E-state index in [1.54, 1.807) is 0 Å². The number of hydrogen-bond donors (Lipinski definition) is 2. The second-order valence-corrected chi connectivity index (χ2v) is 5.36. The minimum atomic E-state index is -0.193. The van der Waals surface area contributed by atoms with Crippen molar-refractivity contribution in [3.8, 4) is 0 Å². The molecule has 0 bridgehead atoms. The zero-order valence-corrected chi connectivity index (χ0v) is 11.7. The van der Waals surface area contributed by atoms with Crippen molar-refractivity contribution < 1.29 is 9.53 Å². The summed E-state index contributed by atoms with van der Waals surface area (Å²) < 4.78 is 4.74. The quantitative estimate of drug-likeness (QED) is 0.784. The topological polar surface area (TPSA) is 50.4 Å². The molecule has 1 atom stereocenters. The van der Waals surface area contributed by atoms with Gasteiger partial charge < -0.3 is 15.4 Å². The van der Waals surface area contributed by atoms with Crippen LogP contribution in [0.1, 0.15) is 24.5 Å². The van der Waals surface area contributed by atoms with E-state index in [0.29, 0.717) is 6.42 Å². The highest BCUT2D eigenvalue weighted by Gasteiger charge is 2.27. The smallest absolute Gasteiger partial charge is 0.309 e. The lowest BCUT2D eigenvalue weighted by Gasteiger charge is -2.25. The summed E-state index contributed by atoms with van der Waals surface area (Å²) in [6.07, 6.45) is 1.47. The summed E-state index contributed by atoms with van der Waals surface area (Å²) in [6.45, 7) is 5.07. The van der Waals surface area contributed by atoms with E-state index in [0.717, 1.165) is 31.6 Å². The molecule has 0 radical (unpaired) electrons. The van der Waals surface area contributed by atoms with Gasteiger partial charge in [0.15, 0.2) is 0 Å². The van der Waals surface area contributed by atoms with Crippen LogP contribution >= 0.6 is 0 Å². The number of rotatable bonds is 5. The minimum Gasteiger partial charge on any atom is -0.469 e. The van der Waals surface area contributed by atoms with Gasteiger partial charge in [0.25, 0.3) is 0 Å². The fraction of sp³-hybridized carbons (Fsp3) is 0.533. The third kappa shape index (κ3) is 3.78. The van der Waals surface area contributed by atoms with Crippen LogP contribution in [0.5, 0.6) is 0 Å². The molecule has 0 aliphatic carbocycles. The summed E-state index contributed by atoms with van der Waals surface area (Å²) >= 11 is 0. The van der Waals surface area contributed by atoms with E-state index in [2.05, 4.69) is 23.6 Å². The number of carbonyl (C=O) groups is 1. The highest BCUT2D eigenvalue weighted by Crippen LogP contribution is 2.16. The van der Waals surface area contributed by atoms with Gasteiger partial charge in [-0.25, -0.2) is 0 Å². The Labute approximate surface area is 114 Å².